The van der Waals surface area contributed by atoms with Crippen LogP contribution in [0, 0.1) is 35.5 Å². The van der Waals surface area contributed by atoms with Gasteiger partial charge in [-0.15, -0.1) is 0 Å². The second kappa shape index (κ2) is 21.8. The van der Waals surface area contributed by atoms with Crippen molar-refractivity contribution in [3.05, 3.63) is 35.9 Å². The van der Waals surface area contributed by atoms with Crippen LogP contribution >= 0.6 is 0 Å². The molecule has 1 N–H and O–H groups in total. The van der Waals surface area contributed by atoms with Gasteiger partial charge in [0.05, 0.1) is 42.9 Å². The molecule has 54 heavy (non-hydrogen) atoms. The van der Waals surface area contributed by atoms with E-state index in [0.29, 0.717) is 13.0 Å². The summed E-state index contributed by atoms with van der Waals surface area (Å²) in [5, 5.41) is 10.9. The minimum atomic E-state index is -0.774. The first kappa shape index (κ1) is 47.0. The zero-order chi connectivity index (χ0) is 41.0. The van der Waals surface area contributed by atoms with Crippen molar-refractivity contribution in [2.75, 3.05) is 34.9 Å². The Morgan fingerprint density at radius 2 is 1.44 bits per heavy atom. The summed E-state index contributed by atoms with van der Waals surface area (Å²) in [7, 11) is 6.50. The van der Waals surface area contributed by atoms with Crippen molar-refractivity contribution in [2.24, 2.45) is 35.5 Å². The first-order chi connectivity index (χ1) is 25.3. The van der Waals surface area contributed by atoms with Crippen LogP contribution in [0.3, 0.4) is 0 Å². The molecule has 1 aliphatic heterocycles. The fourth-order valence-corrected chi connectivity index (χ4v) is 8.37. The van der Waals surface area contributed by atoms with Gasteiger partial charge in [0.1, 0.15) is 5.78 Å². The van der Waals surface area contributed by atoms with E-state index in [1.165, 1.54) is 11.8 Å². The summed E-state index contributed by atoms with van der Waals surface area (Å²) >= 11 is 0. The monoisotopic (exact) mass is 758 g/mol. The van der Waals surface area contributed by atoms with Gasteiger partial charge in [-0.1, -0.05) is 92.1 Å². The lowest BCUT2D eigenvalue weighted by atomic mass is 9.83. The van der Waals surface area contributed by atoms with Gasteiger partial charge in [0.15, 0.2) is 5.78 Å². The van der Waals surface area contributed by atoms with Crippen molar-refractivity contribution in [1.82, 2.24) is 14.7 Å². The third-order valence-electron chi connectivity index (χ3n) is 12.0. The number of rotatable bonds is 22. The smallest absolute Gasteiger partial charge is 0.226 e. The number of hydrogen-bond acceptors (Lipinski definition) is 8. The lowest BCUT2D eigenvalue weighted by Crippen LogP contribution is -2.54. The Labute approximate surface area is 325 Å². The van der Waals surface area contributed by atoms with Gasteiger partial charge in [-0.3, -0.25) is 24.0 Å². The van der Waals surface area contributed by atoms with E-state index in [2.05, 4.69) is 0 Å². The number of ether oxygens (including phenoxy) is 2. The van der Waals surface area contributed by atoms with E-state index in [9.17, 15) is 29.1 Å². The molecule has 0 aliphatic carbocycles. The molecule has 1 aromatic rings. The molecular formula is C43H71N3O8. The number of nitrogens with zero attached hydrogens (tertiary/aromatic N) is 3. The van der Waals surface area contributed by atoms with Crippen molar-refractivity contribution in [3.63, 3.8) is 0 Å². The zero-order valence-electron chi connectivity index (χ0n) is 35.4. The highest BCUT2D eigenvalue weighted by molar-refractivity contribution is 5.92. The van der Waals surface area contributed by atoms with E-state index in [-0.39, 0.29) is 78.3 Å². The summed E-state index contributed by atoms with van der Waals surface area (Å²) in [5.41, 5.74) is 0.766. The standard InChI is InChI=1S/C43H71N3O8/c1-14-28(6)40(45(11)43(52)33(26(2)3)24-36(49)39(27(4)5)44(10)31(9)47)37(53-12)25-38(50)46-22-18-21-34(46)42(54-13)30(8)35(48)23-29(7)41(51)32-19-16-15-17-20-32/h15-17,19-20,26-30,33-34,37,39-42,51H,14,18,21-25H2,1-13H3/t28-,29-,30-,33-,34-,37+,39-,40-,41+,42+/m0/s1. The fraction of sp³-hybridized carbons (Fsp3) is 0.744. The van der Waals surface area contributed by atoms with Crippen LogP contribution in [0.1, 0.15) is 113 Å². The average molecular weight is 758 g/mol. The van der Waals surface area contributed by atoms with Crippen molar-refractivity contribution in [1.29, 1.82) is 0 Å². The number of ketones is 2. The summed E-state index contributed by atoms with van der Waals surface area (Å²) in [4.78, 5) is 73.0. The fourth-order valence-electron chi connectivity index (χ4n) is 8.37. The Balaban J connectivity index is 2.27. The summed E-state index contributed by atoms with van der Waals surface area (Å²) < 4.78 is 12.0. The number of likely N-dealkylation sites (N-methyl/N-ethyl adjacent to an activating group) is 2. The largest absolute Gasteiger partial charge is 0.388 e. The molecule has 0 radical (unpaired) electrons. The van der Waals surface area contributed by atoms with Crippen LogP contribution < -0.4 is 0 Å². The molecule has 10 atom stereocenters. The van der Waals surface area contributed by atoms with E-state index in [0.717, 1.165) is 18.4 Å². The summed E-state index contributed by atoms with van der Waals surface area (Å²) in [6.07, 6.45) is 0.470. The highest BCUT2D eigenvalue weighted by Crippen LogP contribution is 2.33. The topological polar surface area (TPSA) is 134 Å². The number of aliphatic hydroxyl groups is 1. The number of likely N-dealkylation sites (tertiary alicyclic amines) is 1. The predicted molar refractivity (Wildman–Crippen MR) is 211 cm³/mol. The van der Waals surface area contributed by atoms with Gasteiger partial charge in [0.2, 0.25) is 17.7 Å². The average Bonchev–Trinajstić information content (AvgIpc) is 3.62. The molecule has 1 aromatic carbocycles. The van der Waals surface area contributed by atoms with E-state index in [1.807, 2.05) is 90.6 Å². The Kier molecular flexibility index (Phi) is 19.0. The van der Waals surface area contributed by atoms with Crippen molar-refractivity contribution in [2.45, 2.75) is 137 Å². The molecule has 1 aliphatic rings. The highest BCUT2D eigenvalue weighted by atomic mass is 16.5. The van der Waals surface area contributed by atoms with Gasteiger partial charge in [0, 0.05) is 66.5 Å². The number of aliphatic hydroxyl groups excluding tert-OH is 1. The molecule has 0 aromatic heterocycles. The van der Waals surface area contributed by atoms with Crippen LogP contribution in [0.5, 0.6) is 0 Å². The van der Waals surface area contributed by atoms with Gasteiger partial charge in [-0.25, -0.2) is 0 Å². The third kappa shape index (κ3) is 11.9. The number of hydrogen-bond donors (Lipinski definition) is 1. The van der Waals surface area contributed by atoms with E-state index >= 15 is 0 Å². The van der Waals surface area contributed by atoms with Gasteiger partial charge in [0.25, 0.3) is 0 Å². The quantitative estimate of drug-likeness (QED) is 0.153. The van der Waals surface area contributed by atoms with Crippen LogP contribution in [-0.4, -0.2) is 114 Å². The second-order valence-electron chi connectivity index (χ2n) is 16.4. The molecule has 11 heteroatoms. The van der Waals surface area contributed by atoms with Gasteiger partial charge in [-0.2, -0.15) is 0 Å². The van der Waals surface area contributed by atoms with Crippen molar-refractivity contribution < 1.29 is 38.6 Å². The van der Waals surface area contributed by atoms with Crippen LogP contribution in [0.2, 0.25) is 0 Å². The molecule has 1 fully saturated rings. The minimum absolute atomic E-state index is 0.000124. The lowest BCUT2D eigenvalue weighted by molar-refractivity contribution is -0.149. The molecule has 0 saturated carbocycles. The molecule has 2 rings (SSSR count). The summed E-state index contributed by atoms with van der Waals surface area (Å²) in [6.45, 7) is 17.4. The van der Waals surface area contributed by atoms with Gasteiger partial charge in [-0.05, 0) is 42.1 Å². The Morgan fingerprint density at radius 1 is 0.833 bits per heavy atom. The predicted octanol–water partition coefficient (Wildman–Crippen LogP) is 5.97. The molecule has 11 nitrogen and oxygen atoms in total. The normalized spacial score (nSPS) is 19.7. The highest BCUT2D eigenvalue weighted by Gasteiger charge is 2.43. The molecule has 306 valence electrons. The first-order valence-electron chi connectivity index (χ1n) is 20.0. The maximum Gasteiger partial charge on any atom is 0.226 e. The number of carbonyl (C=O) groups is 5. The maximum absolute atomic E-state index is 14.3. The molecular weight excluding hydrogens is 686 g/mol. The summed E-state index contributed by atoms with van der Waals surface area (Å²) in [6, 6.07) is 7.92. The number of carbonyl (C=O) groups excluding carboxylic acids is 5. The Morgan fingerprint density at radius 3 is 1.94 bits per heavy atom. The van der Waals surface area contributed by atoms with Crippen LogP contribution in [0.4, 0.5) is 0 Å². The number of benzene rings is 1. The number of amides is 3. The van der Waals surface area contributed by atoms with E-state index < -0.39 is 42.2 Å². The Hall–Kier alpha value is -3.15. The van der Waals surface area contributed by atoms with Crippen molar-refractivity contribution in [3.8, 4) is 0 Å². The SMILES string of the molecule is CC[C@H](C)[C@@H]([C@@H](CC(=O)N1CCC[C@H]1[C@H](OC)[C@@H](C)C(=O)C[C@H](C)[C@@H](O)c1ccccc1)OC)N(C)C(=O)[C@@H](CC(=O)[C@H](C(C)C)N(C)C(C)=O)C(C)C. The maximum atomic E-state index is 14.3. The van der Waals surface area contributed by atoms with Crippen molar-refractivity contribution >= 4 is 29.3 Å². The number of Topliss-reactive ketones (excluding diaryl/α,β-unsaturated/α-hetero) is 2. The molecule has 1 heterocycles. The number of methoxy groups -OCH3 is 2. The molecule has 0 bridgehead atoms. The van der Waals surface area contributed by atoms with Crippen LogP contribution in [-0.2, 0) is 33.4 Å². The van der Waals surface area contributed by atoms with Gasteiger partial charge < -0.3 is 29.3 Å². The van der Waals surface area contributed by atoms with Crippen LogP contribution in [0.25, 0.3) is 0 Å². The van der Waals surface area contributed by atoms with Crippen LogP contribution in [0.15, 0.2) is 30.3 Å². The van der Waals surface area contributed by atoms with E-state index in [1.54, 1.807) is 33.2 Å². The Bertz CT molecular complexity index is 1370. The molecule has 3 amide bonds. The molecule has 1 saturated heterocycles. The summed E-state index contributed by atoms with van der Waals surface area (Å²) in [5.74, 6) is -2.42. The minimum Gasteiger partial charge on any atom is -0.388 e. The first-order valence-corrected chi connectivity index (χ1v) is 20.0. The van der Waals surface area contributed by atoms with Gasteiger partial charge >= 0.3 is 0 Å². The third-order valence-corrected chi connectivity index (χ3v) is 12.0. The zero-order valence-corrected chi connectivity index (χ0v) is 35.4. The van der Waals surface area contributed by atoms with E-state index in [4.69, 9.17) is 9.47 Å². The second-order valence-corrected chi connectivity index (χ2v) is 16.4. The molecule has 0 unspecified atom stereocenters. The lowest BCUT2D eigenvalue weighted by Gasteiger charge is -2.41. The molecule has 0 spiro atoms.